The minimum atomic E-state index is -0.296. The number of hydrogen-bond donors (Lipinski definition) is 1. The van der Waals surface area contributed by atoms with Gasteiger partial charge in [-0.05, 0) is 18.5 Å². The van der Waals surface area contributed by atoms with Crippen LogP contribution < -0.4 is 10.1 Å². The van der Waals surface area contributed by atoms with E-state index in [1.165, 1.54) is 6.07 Å². The van der Waals surface area contributed by atoms with Crippen LogP contribution in [0.5, 0.6) is 5.75 Å². The molecule has 0 aromatic heterocycles. The van der Waals surface area contributed by atoms with E-state index in [0.29, 0.717) is 31.4 Å². The molecule has 1 saturated heterocycles. The van der Waals surface area contributed by atoms with Crippen molar-refractivity contribution >= 4 is 0 Å². The number of para-hydroxylation sites is 1. The number of benzene rings is 1. The van der Waals surface area contributed by atoms with Crippen LogP contribution in [0.15, 0.2) is 18.2 Å². The highest BCUT2D eigenvalue weighted by Crippen LogP contribution is 2.25. The van der Waals surface area contributed by atoms with Crippen LogP contribution >= 0.6 is 0 Å². The van der Waals surface area contributed by atoms with Gasteiger partial charge in [0.2, 0.25) is 0 Å². The van der Waals surface area contributed by atoms with Crippen molar-refractivity contribution in [1.82, 2.24) is 5.32 Å². The van der Waals surface area contributed by atoms with Gasteiger partial charge >= 0.3 is 0 Å². The van der Waals surface area contributed by atoms with E-state index < -0.39 is 0 Å². The van der Waals surface area contributed by atoms with Crippen LogP contribution in [0.4, 0.5) is 4.39 Å². The second-order valence-corrected chi connectivity index (χ2v) is 5.36. The molecule has 1 heterocycles. The Morgan fingerprint density at radius 3 is 3.00 bits per heavy atom. The molecule has 1 fully saturated rings. The van der Waals surface area contributed by atoms with E-state index in [1.54, 1.807) is 6.07 Å². The Morgan fingerprint density at radius 1 is 1.47 bits per heavy atom. The number of rotatable bonds is 6. The Morgan fingerprint density at radius 2 is 2.32 bits per heavy atom. The van der Waals surface area contributed by atoms with Crippen molar-refractivity contribution in [3.63, 3.8) is 0 Å². The summed E-state index contributed by atoms with van der Waals surface area (Å²) in [5.41, 5.74) is 0.868. The molecular weight excluding hydrogens is 245 g/mol. The van der Waals surface area contributed by atoms with E-state index in [4.69, 9.17) is 9.47 Å². The van der Waals surface area contributed by atoms with E-state index >= 15 is 0 Å². The van der Waals surface area contributed by atoms with E-state index in [2.05, 4.69) is 19.2 Å². The molecule has 2 rings (SSSR count). The van der Waals surface area contributed by atoms with Gasteiger partial charge < -0.3 is 14.8 Å². The molecule has 1 aliphatic heterocycles. The van der Waals surface area contributed by atoms with E-state index in [-0.39, 0.29) is 11.9 Å². The van der Waals surface area contributed by atoms with Crippen LogP contribution in [0.25, 0.3) is 0 Å². The molecule has 106 valence electrons. The Hall–Kier alpha value is -1.13. The van der Waals surface area contributed by atoms with Crippen molar-refractivity contribution in [2.24, 2.45) is 5.92 Å². The molecule has 3 nitrogen and oxygen atoms in total. The molecule has 0 spiro atoms. The fourth-order valence-corrected chi connectivity index (χ4v) is 2.09. The predicted molar refractivity (Wildman–Crippen MR) is 72.8 cm³/mol. The minimum Gasteiger partial charge on any atom is -0.485 e. The number of ether oxygens (including phenoxy) is 2. The Labute approximate surface area is 114 Å². The normalized spacial score (nSPS) is 19.1. The van der Waals surface area contributed by atoms with Crippen LogP contribution in [0.3, 0.4) is 0 Å². The maximum Gasteiger partial charge on any atom is 0.165 e. The molecule has 0 radical (unpaired) electrons. The van der Waals surface area contributed by atoms with Crippen LogP contribution in [-0.4, -0.2) is 25.9 Å². The van der Waals surface area contributed by atoms with Crippen molar-refractivity contribution in [3.05, 3.63) is 29.6 Å². The number of halogens is 1. The first-order valence-electron chi connectivity index (χ1n) is 6.89. The average molecular weight is 267 g/mol. The highest BCUT2D eigenvalue weighted by Gasteiger charge is 2.20. The molecular formula is C15H22FNO2. The molecule has 1 aromatic carbocycles. The predicted octanol–water partition coefficient (Wildman–Crippen LogP) is 2.74. The zero-order chi connectivity index (χ0) is 13.7. The van der Waals surface area contributed by atoms with E-state index in [9.17, 15) is 4.39 Å². The monoisotopic (exact) mass is 267 g/mol. The van der Waals surface area contributed by atoms with Crippen LogP contribution in [-0.2, 0) is 11.3 Å². The highest BCUT2D eigenvalue weighted by molar-refractivity contribution is 5.35. The zero-order valence-corrected chi connectivity index (χ0v) is 11.6. The quantitative estimate of drug-likeness (QED) is 0.859. The summed E-state index contributed by atoms with van der Waals surface area (Å²) < 4.78 is 24.9. The molecule has 0 amide bonds. The lowest BCUT2D eigenvalue weighted by Crippen LogP contribution is -2.22. The molecule has 19 heavy (non-hydrogen) atoms. The van der Waals surface area contributed by atoms with E-state index in [0.717, 1.165) is 18.5 Å². The SMILES string of the molecule is CC(C)CNCc1cccc(F)c1OC1CCOC1. The Balaban J connectivity index is 2.02. The molecule has 0 saturated carbocycles. The summed E-state index contributed by atoms with van der Waals surface area (Å²) in [6, 6.07) is 5.07. The van der Waals surface area contributed by atoms with Gasteiger partial charge in [-0.15, -0.1) is 0 Å². The fraction of sp³-hybridized carbons (Fsp3) is 0.600. The van der Waals surface area contributed by atoms with Gasteiger partial charge in [0.15, 0.2) is 11.6 Å². The minimum absolute atomic E-state index is 0.0271. The van der Waals surface area contributed by atoms with Gasteiger partial charge in [0, 0.05) is 18.5 Å². The van der Waals surface area contributed by atoms with Gasteiger partial charge in [-0.25, -0.2) is 4.39 Å². The summed E-state index contributed by atoms with van der Waals surface area (Å²) in [6.07, 6.45) is 0.799. The van der Waals surface area contributed by atoms with Gasteiger partial charge in [-0.1, -0.05) is 26.0 Å². The topological polar surface area (TPSA) is 30.5 Å². The number of nitrogens with one attached hydrogen (secondary N) is 1. The van der Waals surface area contributed by atoms with Crippen molar-refractivity contribution in [2.75, 3.05) is 19.8 Å². The third kappa shape index (κ3) is 4.18. The summed E-state index contributed by atoms with van der Waals surface area (Å²) in [5, 5.41) is 3.32. The van der Waals surface area contributed by atoms with Gasteiger partial charge in [0.1, 0.15) is 6.10 Å². The van der Waals surface area contributed by atoms with E-state index in [1.807, 2.05) is 6.07 Å². The fourth-order valence-electron chi connectivity index (χ4n) is 2.09. The number of hydrogen-bond acceptors (Lipinski definition) is 3. The molecule has 1 unspecified atom stereocenters. The molecule has 4 heteroatoms. The van der Waals surface area contributed by atoms with Crippen LogP contribution in [0, 0.1) is 11.7 Å². The molecule has 0 bridgehead atoms. The lowest BCUT2D eigenvalue weighted by Gasteiger charge is -2.17. The Kier molecular flexibility index (Phi) is 5.16. The zero-order valence-electron chi connectivity index (χ0n) is 11.6. The van der Waals surface area contributed by atoms with Gasteiger partial charge in [0.25, 0.3) is 0 Å². The summed E-state index contributed by atoms with van der Waals surface area (Å²) >= 11 is 0. The Bertz CT molecular complexity index is 403. The van der Waals surface area contributed by atoms with Crippen molar-refractivity contribution in [3.8, 4) is 5.75 Å². The van der Waals surface area contributed by atoms with Gasteiger partial charge in [0.05, 0.1) is 13.2 Å². The largest absolute Gasteiger partial charge is 0.485 e. The molecule has 1 aromatic rings. The second kappa shape index (κ2) is 6.87. The molecule has 1 atom stereocenters. The third-order valence-electron chi connectivity index (χ3n) is 3.09. The van der Waals surface area contributed by atoms with Crippen LogP contribution in [0.1, 0.15) is 25.8 Å². The van der Waals surface area contributed by atoms with Gasteiger partial charge in [-0.2, -0.15) is 0 Å². The first kappa shape index (κ1) is 14.3. The lowest BCUT2D eigenvalue weighted by molar-refractivity contribution is 0.137. The molecule has 0 aliphatic carbocycles. The first-order valence-corrected chi connectivity index (χ1v) is 6.89. The third-order valence-corrected chi connectivity index (χ3v) is 3.09. The van der Waals surface area contributed by atoms with Crippen LogP contribution in [0.2, 0.25) is 0 Å². The highest BCUT2D eigenvalue weighted by atomic mass is 19.1. The van der Waals surface area contributed by atoms with Gasteiger partial charge in [-0.3, -0.25) is 0 Å². The average Bonchev–Trinajstić information content (AvgIpc) is 2.85. The summed E-state index contributed by atoms with van der Waals surface area (Å²) in [7, 11) is 0. The summed E-state index contributed by atoms with van der Waals surface area (Å²) in [5.74, 6) is 0.645. The lowest BCUT2D eigenvalue weighted by atomic mass is 10.1. The first-order chi connectivity index (χ1) is 9.16. The maximum absolute atomic E-state index is 13.9. The van der Waals surface area contributed by atoms with Crippen molar-refractivity contribution < 1.29 is 13.9 Å². The second-order valence-electron chi connectivity index (χ2n) is 5.36. The standard InChI is InChI=1S/C15H22FNO2/c1-11(2)8-17-9-12-4-3-5-14(16)15(12)19-13-6-7-18-10-13/h3-5,11,13,17H,6-10H2,1-2H3. The van der Waals surface area contributed by atoms with Crippen molar-refractivity contribution in [1.29, 1.82) is 0 Å². The smallest absolute Gasteiger partial charge is 0.165 e. The summed E-state index contributed by atoms with van der Waals surface area (Å²) in [6.45, 7) is 7.06. The summed E-state index contributed by atoms with van der Waals surface area (Å²) in [4.78, 5) is 0. The maximum atomic E-state index is 13.9. The molecule has 1 N–H and O–H groups in total. The molecule has 1 aliphatic rings. The van der Waals surface area contributed by atoms with Crippen molar-refractivity contribution in [2.45, 2.75) is 32.9 Å².